The molecule has 0 unspecified atom stereocenters. The molecule has 0 bridgehead atoms. The van der Waals surface area contributed by atoms with Gasteiger partial charge in [-0.3, -0.25) is 53.2 Å². The van der Waals surface area contributed by atoms with E-state index in [0.29, 0.717) is 52.4 Å². The van der Waals surface area contributed by atoms with E-state index in [1.54, 1.807) is 0 Å². The number of benzene rings is 6. The number of halogens is 7. The number of hydrogen-bond acceptors (Lipinski definition) is 19. The van der Waals surface area contributed by atoms with Crippen LogP contribution in [0.2, 0.25) is 0 Å². The van der Waals surface area contributed by atoms with E-state index in [0.717, 1.165) is 48.4 Å². The van der Waals surface area contributed by atoms with Crippen LogP contribution in [0.1, 0.15) is 116 Å². The fraction of sp³-hybridized carbons (Fsp3) is 0.463. The highest BCUT2D eigenvalue weighted by molar-refractivity contribution is 9.09. The second-order valence-corrected chi connectivity index (χ2v) is 28.2. The van der Waals surface area contributed by atoms with Gasteiger partial charge in [0.2, 0.25) is 6.29 Å². The average molecular weight is 1670 g/mol. The molecule has 0 saturated heterocycles. The van der Waals surface area contributed by atoms with Crippen LogP contribution in [0.15, 0.2) is 182 Å². The standard InChI is InChI=1S/C27H38N2O4.C23H30N2O4.C16H20N2.C6H11BrO2.C5H9BrO2.C2HF3O.CH2Cl2.H2O/c1-22(2)32-25(30)20-28(18-23-12-8-6-9-13-23)16-17-29(19-24-14-10-7-11-15-24)21-26(31)33-27(3,4)5;1-19(2)29-23(28)18-25(16-21-11-7-4-8-12-21)14-13-24(17-22(26)27)15-20-9-5-3-6-10-20;1-3-7-15(8-4-1)13-17-11-12-18-14-16-9-5-2-6-10-16;1-6(2,3)9-5(8)4-7;1-4(2)8-5(7)3-6;3-2(4,5)1-6;2-1-3;/h6-15,22H,16-21H2,1-5H3;3-12,19H,13-18H2,1-2H3,(H,26,27);1-10,17-18H,11-14H2;4H2,1-3H3;4H,3H2,1-2H3;1H;1H2;1H2/p-1. The van der Waals surface area contributed by atoms with Crippen molar-refractivity contribution in [3.05, 3.63) is 215 Å². The van der Waals surface area contributed by atoms with Crippen LogP contribution in [0, 0.1) is 0 Å². The number of alkyl halides is 7. The number of esters is 5. The Bertz CT molecular complexity index is 3220. The van der Waals surface area contributed by atoms with Crippen molar-refractivity contribution < 1.29 is 81.0 Å². The molecular weight excluding hydrogens is 1560 g/mol. The Morgan fingerprint density at radius 1 is 0.421 bits per heavy atom. The molecule has 0 aromatic heterocycles. The first kappa shape index (κ1) is 102. The normalized spacial score (nSPS) is 10.9. The first-order valence-electron chi connectivity index (χ1n) is 34.6. The van der Waals surface area contributed by atoms with E-state index in [1.807, 2.05) is 226 Å². The third-order valence-electron chi connectivity index (χ3n) is 13.0. The molecule has 0 aliphatic carbocycles. The molecule has 20 nitrogen and oxygen atoms in total. The minimum atomic E-state index is -4.64. The van der Waals surface area contributed by atoms with Crippen LogP contribution in [0.3, 0.4) is 0 Å². The number of ether oxygens (including phenoxy) is 5. The summed E-state index contributed by atoms with van der Waals surface area (Å²) < 4.78 is 57.1. The molecule has 0 radical (unpaired) electrons. The Morgan fingerprint density at radius 3 is 0.850 bits per heavy atom. The largest absolute Gasteiger partial charge is 0.870 e. The SMILES string of the molecule is CC(C)(C)OC(=O)CBr.CC(C)OC(=O)CBr.CC(C)OC(=O)CN(CCN(CC(=O)O)Cc1ccccc1)Cc1ccccc1.CC(C)OC(=O)CN(CCN(CC(=O)OC(C)(C)C)Cc1ccccc1)Cc1ccccc1.ClCCl.O=CC(F)(F)F.[OH-].c1ccc(CNCCNCc2ccccc2)cc1. The lowest BCUT2D eigenvalue weighted by Gasteiger charge is -2.28. The van der Waals surface area contributed by atoms with Gasteiger partial charge in [0.05, 0.1) is 49.8 Å². The highest BCUT2D eigenvalue weighted by Gasteiger charge is 2.25. The van der Waals surface area contributed by atoms with Gasteiger partial charge in [-0.15, -0.1) is 23.2 Å². The topological polar surface area (TPSA) is 253 Å². The average Bonchev–Trinajstić information content (AvgIpc) is 0.892. The molecule has 0 aliphatic rings. The lowest BCUT2D eigenvalue weighted by molar-refractivity contribution is -0.157. The first-order valence-corrected chi connectivity index (χ1v) is 37.9. The summed E-state index contributed by atoms with van der Waals surface area (Å²) in [5, 5.41) is 16.9. The predicted octanol–water partition coefficient (Wildman–Crippen LogP) is 14.9. The van der Waals surface area contributed by atoms with Crippen LogP contribution in [-0.4, -0.2) is 189 Å². The van der Waals surface area contributed by atoms with Gasteiger partial charge >= 0.3 is 42.0 Å². The van der Waals surface area contributed by atoms with E-state index in [2.05, 4.69) is 101 Å². The smallest absolute Gasteiger partial charge is 0.446 e. The Balaban J connectivity index is 0. The second kappa shape index (κ2) is 60.7. The number of carboxylic acids is 1. The number of carbonyl (C=O) groups excluding carboxylic acids is 6. The van der Waals surface area contributed by atoms with Gasteiger partial charge in [-0.2, -0.15) is 13.2 Å². The zero-order valence-electron chi connectivity index (χ0n) is 63.8. The molecule has 4 N–H and O–H groups in total. The van der Waals surface area contributed by atoms with Gasteiger partial charge in [0.1, 0.15) is 21.9 Å². The summed E-state index contributed by atoms with van der Waals surface area (Å²) in [4.78, 5) is 86.0. The van der Waals surface area contributed by atoms with Gasteiger partial charge in [0.25, 0.3) is 0 Å². The van der Waals surface area contributed by atoms with Gasteiger partial charge in [-0.05, 0) is 116 Å². The molecule has 0 heterocycles. The number of aldehydes is 1. The number of nitrogens with one attached hydrogen (secondary N) is 2. The van der Waals surface area contributed by atoms with Crippen molar-refractivity contribution in [2.75, 3.05) is 81.4 Å². The van der Waals surface area contributed by atoms with E-state index in [4.69, 9.17) is 51.7 Å². The molecule has 6 aromatic rings. The first-order chi connectivity index (χ1) is 50.1. The fourth-order valence-electron chi connectivity index (χ4n) is 9.00. The Hall–Kier alpha value is -7.14. The lowest BCUT2D eigenvalue weighted by atomic mass is 10.2. The molecule has 596 valence electrons. The van der Waals surface area contributed by atoms with Gasteiger partial charge in [0.15, 0.2) is 0 Å². The second-order valence-electron chi connectivity index (χ2n) is 26.3. The van der Waals surface area contributed by atoms with Crippen LogP contribution in [-0.2, 0) is 96.5 Å². The summed E-state index contributed by atoms with van der Waals surface area (Å²) in [5.74, 6) is -2.07. The Labute approximate surface area is 659 Å². The van der Waals surface area contributed by atoms with Crippen molar-refractivity contribution in [3.8, 4) is 0 Å². The number of carboxylic acid groups (broad SMARTS) is 1. The number of aliphatic carboxylic acids is 1. The number of hydrogen-bond donors (Lipinski definition) is 3. The van der Waals surface area contributed by atoms with E-state index in [1.165, 1.54) is 11.1 Å². The number of rotatable bonds is 34. The van der Waals surface area contributed by atoms with E-state index >= 15 is 0 Å². The summed E-state index contributed by atoms with van der Waals surface area (Å²) in [5.41, 5.74) is 6.17. The number of nitrogens with zero attached hydrogens (tertiary/aromatic N) is 4. The van der Waals surface area contributed by atoms with Crippen LogP contribution in [0.4, 0.5) is 13.2 Å². The Kier molecular flexibility index (Phi) is 57.8. The molecule has 0 spiro atoms. The van der Waals surface area contributed by atoms with Crippen molar-refractivity contribution in [2.24, 2.45) is 0 Å². The van der Waals surface area contributed by atoms with Crippen molar-refractivity contribution in [3.63, 3.8) is 0 Å². The maximum atomic E-state index is 12.5. The quantitative estimate of drug-likeness (QED) is 0.0112. The maximum absolute atomic E-state index is 12.5. The van der Waals surface area contributed by atoms with E-state index in [9.17, 15) is 47.0 Å². The van der Waals surface area contributed by atoms with Gasteiger partial charge in [-0.25, -0.2) is 0 Å². The predicted molar refractivity (Wildman–Crippen MR) is 424 cm³/mol. The molecule has 27 heteroatoms. The molecular formula is C80H112Br2Cl2F3N6O14-. The summed E-state index contributed by atoms with van der Waals surface area (Å²) in [6, 6.07) is 60.8. The van der Waals surface area contributed by atoms with Crippen LogP contribution in [0.25, 0.3) is 0 Å². The molecule has 0 atom stereocenters. The minimum Gasteiger partial charge on any atom is -0.870 e. The zero-order chi connectivity index (χ0) is 79.8. The molecule has 6 rings (SSSR count). The third kappa shape index (κ3) is 63.5. The Morgan fingerprint density at radius 2 is 0.645 bits per heavy atom. The number of carbonyl (C=O) groups is 7. The highest BCUT2D eigenvalue weighted by Crippen LogP contribution is 2.14. The van der Waals surface area contributed by atoms with Crippen molar-refractivity contribution in [1.82, 2.24) is 30.2 Å². The van der Waals surface area contributed by atoms with Crippen LogP contribution in [0.5, 0.6) is 0 Å². The molecule has 6 aromatic carbocycles. The van der Waals surface area contributed by atoms with Crippen molar-refractivity contribution >= 4 is 97.2 Å². The zero-order valence-corrected chi connectivity index (χ0v) is 68.5. The van der Waals surface area contributed by atoms with E-state index in [-0.39, 0.29) is 101 Å². The van der Waals surface area contributed by atoms with Gasteiger partial charge < -0.3 is 44.9 Å². The van der Waals surface area contributed by atoms with Crippen molar-refractivity contribution in [1.29, 1.82) is 0 Å². The minimum absolute atomic E-state index is 0. The lowest BCUT2D eigenvalue weighted by Crippen LogP contribution is -2.41. The molecule has 107 heavy (non-hydrogen) atoms. The van der Waals surface area contributed by atoms with E-state index < -0.39 is 24.0 Å². The van der Waals surface area contributed by atoms with Crippen LogP contribution >= 0.6 is 55.1 Å². The van der Waals surface area contributed by atoms with Crippen molar-refractivity contribution in [2.45, 2.75) is 158 Å². The van der Waals surface area contributed by atoms with Gasteiger partial charge in [0, 0.05) is 78.5 Å². The maximum Gasteiger partial charge on any atom is 0.446 e. The molecule has 0 amide bonds. The summed E-state index contributed by atoms with van der Waals surface area (Å²) in [6.45, 7) is 31.2. The monoisotopic (exact) mass is 1670 g/mol. The summed E-state index contributed by atoms with van der Waals surface area (Å²) in [6.07, 6.45) is -6.02. The highest BCUT2D eigenvalue weighted by atomic mass is 79.9. The van der Waals surface area contributed by atoms with Gasteiger partial charge in [-0.1, -0.05) is 214 Å². The molecule has 0 fully saturated rings. The molecule has 0 aliphatic heterocycles. The van der Waals surface area contributed by atoms with Crippen LogP contribution < -0.4 is 10.6 Å². The third-order valence-corrected chi connectivity index (χ3v) is 13.9. The summed E-state index contributed by atoms with van der Waals surface area (Å²) >= 11 is 15.5. The molecule has 0 saturated carbocycles. The summed E-state index contributed by atoms with van der Waals surface area (Å²) in [7, 11) is 0. The fourth-order valence-corrected chi connectivity index (χ4v) is 9.25.